The Balaban J connectivity index is 1.95. The number of hydrogen-bond donors (Lipinski definition) is 1. The number of anilines is 1. The molecule has 1 atom stereocenters. The highest BCUT2D eigenvalue weighted by atomic mass is 32.1. The van der Waals surface area contributed by atoms with E-state index in [2.05, 4.69) is 0 Å². The first-order valence-electron chi connectivity index (χ1n) is 9.83. The molecule has 1 aliphatic rings. The number of ether oxygens (including phenoxy) is 1. The average molecular weight is 428 g/mol. The highest BCUT2D eigenvalue weighted by molar-refractivity contribution is 7.10. The third-order valence-corrected chi connectivity index (χ3v) is 5.66. The summed E-state index contributed by atoms with van der Waals surface area (Å²) >= 11 is 1.41. The van der Waals surface area contributed by atoms with Gasteiger partial charge in [-0.25, -0.2) is 4.79 Å². The summed E-state index contributed by atoms with van der Waals surface area (Å²) in [5.41, 5.74) is 0.962. The van der Waals surface area contributed by atoms with Gasteiger partial charge in [0, 0.05) is 16.5 Å². The molecular formula is C23H25NO5S. The van der Waals surface area contributed by atoms with E-state index in [9.17, 15) is 19.5 Å². The van der Waals surface area contributed by atoms with Crippen LogP contribution in [0.1, 0.15) is 49.0 Å². The Morgan fingerprint density at radius 1 is 1.13 bits per heavy atom. The van der Waals surface area contributed by atoms with Gasteiger partial charge < -0.3 is 9.84 Å². The van der Waals surface area contributed by atoms with Crippen molar-refractivity contribution in [3.05, 3.63) is 63.6 Å². The molecule has 2 aromatic rings. The number of hydrogen-bond acceptors (Lipinski definition) is 6. The van der Waals surface area contributed by atoms with Crippen molar-refractivity contribution >= 4 is 34.7 Å². The zero-order valence-corrected chi connectivity index (χ0v) is 18.2. The maximum absolute atomic E-state index is 12.9. The number of carbonyl (C=O) groups is 3. The van der Waals surface area contributed by atoms with Crippen molar-refractivity contribution in [2.75, 3.05) is 11.5 Å². The van der Waals surface area contributed by atoms with Crippen LogP contribution in [0, 0.1) is 11.8 Å². The second kappa shape index (κ2) is 8.83. The average Bonchev–Trinajstić information content (AvgIpc) is 3.33. The van der Waals surface area contributed by atoms with Crippen molar-refractivity contribution < 1.29 is 24.2 Å². The van der Waals surface area contributed by atoms with E-state index < -0.39 is 23.7 Å². The van der Waals surface area contributed by atoms with Crippen LogP contribution in [-0.2, 0) is 14.3 Å². The zero-order valence-electron chi connectivity index (χ0n) is 17.4. The van der Waals surface area contributed by atoms with Crippen molar-refractivity contribution in [2.45, 2.75) is 33.7 Å². The topological polar surface area (TPSA) is 83.9 Å². The van der Waals surface area contributed by atoms with E-state index in [0.717, 1.165) is 4.88 Å². The van der Waals surface area contributed by atoms with Crippen molar-refractivity contribution in [2.24, 2.45) is 11.8 Å². The monoisotopic (exact) mass is 427 g/mol. The number of esters is 1. The second-order valence-electron chi connectivity index (χ2n) is 7.91. The van der Waals surface area contributed by atoms with Crippen LogP contribution >= 0.6 is 11.3 Å². The van der Waals surface area contributed by atoms with E-state index in [1.54, 1.807) is 38.1 Å². The number of thiophene rings is 1. The fourth-order valence-electron chi connectivity index (χ4n) is 3.23. The smallest absolute Gasteiger partial charge is 0.338 e. The van der Waals surface area contributed by atoms with Gasteiger partial charge >= 0.3 is 5.97 Å². The van der Waals surface area contributed by atoms with Gasteiger partial charge in [-0.2, -0.15) is 0 Å². The van der Waals surface area contributed by atoms with Crippen molar-refractivity contribution in [3.63, 3.8) is 0 Å². The standard InChI is InChI=1S/C23H25NO5S/c1-13(2)12-29-23(28)15-7-9-16(10-8-15)24-19(17-6-5-11-30-17)18(20(25)14(3)4)21(26)22(24)27/h5-11,13-14,19,26H,12H2,1-4H3. The maximum Gasteiger partial charge on any atom is 0.338 e. The van der Waals surface area contributed by atoms with E-state index in [1.165, 1.54) is 16.2 Å². The summed E-state index contributed by atoms with van der Waals surface area (Å²) < 4.78 is 5.24. The molecule has 0 radical (unpaired) electrons. The minimum Gasteiger partial charge on any atom is -0.503 e. The molecule has 0 aliphatic carbocycles. The molecule has 1 aromatic carbocycles. The molecule has 0 bridgehead atoms. The molecule has 3 rings (SSSR count). The van der Waals surface area contributed by atoms with Crippen LogP contribution in [0.15, 0.2) is 53.1 Å². The molecule has 2 heterocycles. The molecule has 158 valence electrons. The van der Waals surface area contributed by atoms with Crippen LogP contribution in [0.5, 0.6) is 0 Å². The summed E-state index contributed by atoms with van der Waals surface area (Å²) in [6.07, 6.45) is 0. The lowest BCUT2D eigenvalue weighted by atomic mass is 9.94. The molecule has 0 fully saturated rings. The first-order valence-corrected chi connectivity index (χ1v) is 10.7. The maximum atomic E-state index is 12.9. The number of amides is 1. The van der Waals surface area contributed by atoms with E-state index >= 15 is 0 Å². The molecule has 1 unspecified atom stereocenters. The molecule has 1 N–H and O–H groups in total. The minimum atomic E-state index is -0.703. The Hall–Kier alpha value is -2.93. The van der Waals surface area contributed by atoms with Gasteiger partial charge in [0.05, 0.1) is 17.7 Å². The SMILES string of the molecule is CC(C)COC(=O)c1ccc(N2C(=O)C(O)=C(C(=O)C(C)C)C2c2cccs2)cc1. The second-order valence-corrected chi connectivity index (χ2v) is 8.89. The number of carbonyl (C=O) groups excluding carboxylic acids is 3. The van der Waals surface area contributed by atoms with Gasteiger partial charge in [0.15, 0.2) is 11.5 Å². The molecule has 1 aliphatic heterocycles. The molecule has 30 heavy (non-hydrogen) atoms. The Labute approximate surface area is 179 Å². The summed E-state index contributed by atoms with van der Waals surface area (Å²) in [7, 11) is 0. The number of Topliss-reactive ketones (excluding diaryl/α,β-unsaturated/α-hetero) is 1. The third-order valence-electron chi connectivity index (χ3n) is 4.74. The molecule has 1 aromatic heterocycles. The molecule has 7 heteroatoms. The van der Waals surface area contributed by atoms with Gasteiger partial charge in [0.1, 0.15) is 6.04 Å². The lowest BCUT2D eigenvalue weighted by Gasteiger charge is -2.26. The number of nitrogens with zero attached hydrogens (tertiary/aromatic N) is 1. The summed E-state index contributed by atoms with van der Waals surface area (Å²) in [6.45, 7) is 7.70. The van der Waals surface area contributed by atoms with Gasteiger partial charge in [-0.05, 0) is 41.6 Å². The third kappa shape index (κ3) is 4.16. The Bertz CT molecular complexity index is 974. The van der Waals surface area contributed by atoms with Gasteiger partial charge in [0.25, 0.3) is 5.91 Å². The van der Waals surface area contributed by atoms with E-state index in [-0.39, 0.29) is 23.2 Å². The van der Waals surface area contributed by atoms with Gasteiger partial charge in [-0.3, -0.25) is 14.5 Å². The van der Waals surface area contributed by atoms with Gasteiger partial charge in [-0.15, -0.1) is 11.3 Å². The van der Waals surface area contributed by atoms with Crippen molar-refractivity contribution in [1.29, 1.82) is 0 Å². The lowest BCUT2D eigenvalue weighted by molar-refractivity contribution is -0.119. The Morgan fingerprint density at radius 2 is 1.80 bits per heavy atom. The predicted molar refractivity (Wildman–Crippen MR) is 116 cm³/mol. The Morgan fingerprint density at radius 3 is 2.33 bits per heavy atom. The predicted octanol–water partition coefficient (Wildman–Crippen LogP) is 4.69. The largest absolute Gasteiger partial charge is 0.503 e. The molecule has 6 nitrogen and oxygen atoms in total. The van der Waals surface area contributed by atoms with E-state index in [1.807, 2.05) is 31.4 Å². The minimum absolute atomic E-state index is 0.109. The molecule has 1 amide bonds. The summed E-state index contributed by atoms with van der Waals surface area (Å²) in [6, 6.07) is 9.38. The summed E-state index contributed by atoms with van der Waals surface area (Å²) in [4.78, 5) is 40.1. The van der Waals surface area contributed by atoms with E-state index in [0.29, 0.717) is 17.9 Å². The quantitative estimate of drug-likeness (QED) is 0.648. The van der Waals surface area contributed by atoms with Gasteiger partial charge in [0.2, 0.25) is 0 Å². The normalized spacial score (nSPS) is 16.7. The Kier molecular flexibility index (Phi) is 6.41. The molecule has 0 saturated heterocycles. The number of ketones is 1. The number of aliphatic hydroxyl groups is 1. The highest BCUT2D eigenvalue weighted by Gasteiger charge is 2.45. The molecular weight excluding hydrogens is 402 g/mol. The first-order chi connectivity index (χ1) is 14.2. The fraction of sp³-hybridized carbons (Fsp3) is 0.348. The summed E-state index contributed by atoms with van der Waals surface area (Å²) in [5.74, 6) is -1.99. The highest BCUT2D eigenvalue weighted by Crippen LogP contribution is 2.43. The number of aliphatic hydroxyl groups excluding tert-OH is 1. The molecule has 0 spiro atoms. The fourth-order valence-corrected chi connectivity index (χ4v) is 4.06. The number of benzene rings is 1. The number of rotatable bonds is 7. The van der Waals surface area contributed by atoms with Crippen LogP contribution in [0.25, 0.3) is 0 Å². The van der Waals surface area contributed by atoms with Crippen LogP contribution < -0.4 is 4.90 Å². The van der Waals surface area contributed by atoms with Gasteiger partial charge in [-0.1, -0.05) is 33.8 Å². The zero-order chi connectivity index (χ0) is 22.0. The summed E-state index contributed by atoms with van der Waals surface area (Å²) in [5, 5.41) is 12.4. The van der Waals surface area contributed by atoms with Crippen molar-refractivity contribution in [3.8, 4) is 0 Å². The van der Waals surface area contributed by atoms with Crippen LogP contribution in [-0.4, -0.2) is 29.4 Å². The lowest BCUT2D eigenvalue weighted by Crippen LogP contribution is -2.31. The van der Waals surface area contributed by atoms with Crippen molar-refractivity contribution in [1.82, 2.24) is 0 Å². The first kappa shape index (κ1) is 21.8. The van der Waals surface area contributed by atoms with E-state index in [4.69, 9.17) is 4.74 Å². The van der Waals surface area contributed by atoms with Crippen LogP contribution in [0.2, 0.25) is 0 Å². The van der Waals surface area contributed by atoms with Crippen LogP contribution in [0.4, 0.5) is 5.69 Å². The molecule has 0 saturated carbocycles. The van der Waals surface area contributed by atoms with Crippen LogP contribution in [0.3, 0.4) is 0 Å².